The minimum atomic E-state index is -3.51. The highest BCUT2D eigenvalue weighted by molar-refractivity contribution is 7.92. The number of hydrogen-bond donors (Lipinski definition) is 3. The number of nitrogens with one attached hydrogen (secondary N) is 3. The van der Waals surface area contributed by atoms with Crippen LogP contribution in [0.5, 0.6) is 0 Å². The number of carbonyl (C=O) groups excluding carboxylic acids is 3. The molecule has 2 aromatic carbocycles. The number of aryl methyl sites for hydroxylation is 1. The van der Waals surface area contributed by atoms with Gasteiger partial charge in [0.05, 0.1) is 11.9 Å². The molecule has 164 valence electrons. The van der Waals surface area contributed by atoms with E-state index in [-0.39, 0.29) is 5.69 Å². The van der Waals surface area contributed by atoms with Gasteiger partial charge in [0.2, 0.25) is 15.9 Å². The van der Waals surface area contributed by atoms with Crippen LogP contribution < -0.4 is 15.4 Å². The number of anilines is 2. The highest BCUT2D eigenvalue weighted by Crippen LogP contribution is 2.29. The number of sulfonamides is 1. The van der Waals surface area contributed by atoms with Crippen molar-refractivity contribution in [2.75, 3.05) is 22.8 Å². The lowest BCUT2D eigenvalue weighted by Crippen LogP contribution is -2.42. The molecule has 9 nitrogen and oxygen atoms in total. The Balaban J connectivity index is 1.74. The Morgan fingerprint density at radius 1 is 1.16 bits per heavy atom. The van der Waals surface area contributed by atoms with Gasteiger partial charge in [-0.3, -0.25) is 19.2 Å². The third kappa shape index (κ3) is 4.82. The largest absolute Gasteiger partial charge is 0.325 e. The van der Waals surface area contributed by atoms with Gasteiger partial charge in [0.25, 0.3) is 5.91 Å². The molecule has 3 rings (SSSR count). The molecule has 1 aliphatic heterocycles. The van der Waals surface area contributed by atoms with Gasteiger partial charge in [-0.15, -0.1) is 0 Å². The lowest BCUT2D eigenvalue weighted by Gasteiger charge is -2.22. The molecule has 0 aliphatic carbocycles. The molecule has 0 spiro atoms. The summed E-state index contributed by atoms with van der Waals surface area (Å²) in [5, 5.41) is 5.08. The van der Waals surface area contributed by atoms with E-state index >= 15 is 0 Å². The number of benzene rings is 2. The van der Waals surface area contributed by atoms with E-state index in [1.54, 1.807) is 19.1 Å². The van der Waals surface area contributed by atoms with Crippen LogP contribution in [0.4, 0.5) is 20.6 Å². The maximum atomic E-state index is 13.2. The zero-order valence-corrected chi connectivity index (χ0v) is 17.8. The topological polar surface area (TPSA) is 125 Å². The van der Waals surface area contributed by atoms with E-state index in [9.17, 15) is 27.2 Å². The van der Waals surface area contributed by atoms with E-state index < -0.39 is 45.8 Å². The van der Waals surface area contributed by atoms with Gasteiger partial charge in [-0.05, 0) is 49.2 Å². The zero-order chi connectivity index (χ0) is 23.0. The van der Waals surface area contributed by atoms with Gasteiger partial charge in [0.1, 0.15) is 17.9 Å². The van der Waals surface area contributed by atoms with Crippen molar-refractivity contribution in [3.05, 3.63) is 59.4 Å². The normalized spacial score (nSPS) is 18.6. The Labute approximate surface area is 178 Å². The second-order valence-electron chi connectivity index (χ2n) is 7.41. The highest BCUT2D eigenvalue weighted by Gasteiger charge is 2.49. The van der Waals surface area contributed by atoms with Crippen molar-refractivity contribution in [1.82, 2.24) is 10.2 Å². The van der Waals surface area contributed by atoms with Crippen LogP contribution in [-0.2, 0) is 25.2 Å². The van der Waals surface area contributed by atoms with Crippen LogP contribution in [0, 0.1) is 12.7 Å². The third-order valence-corrected chi connectivity index (χ3v) is 5.41. The van der Waals surface area contributed by atoms with Gasteiger partial charge >= 0.3 is 6.03 Å². The second kappa shape index (κ2) is 7.99. The predicted molar refractivity (Wildman–Crippen MR) is 112 cm³/mol. The zero-order valence-electron chi connectivity index (χ0n) is 17.0. The van der Waals surface area contributed by atoms with Crippen LogP contribution >= 0.6 is 0 Å². The van der Waals surface area contributed by atoms with Crippen LogP contribution in [0.3, 0.4) is 0 Å². The average molecular weight is 448 g/mol. The molecule has 0 bridgehead atoms. The van der Waals surface area contributed by atoms with Crippen molar-refractivity contribution >= 4 is 39.2 Å². The van der Waals surface area contributed by atoms with Gasteiger partial charge < -0.3 is 10.6 Å². The summed E-state index contributed by atoms with van der Waals surface area (Å²) >= 11 is 0. The highest BCUT2D eigenvalue weighted by atomic mass is 32.2. The molecule has 31 heavy (non-hydrogen) atoms. The van der Waals surface area contributed by atoms with Crippen molar-refractivity contribution in [2.24, 2.45) is 0 Å². The first-order valence-electron chi connectivity index (χ1n) is 9.17. The maximum Gasteiger partial charge on any atom is 0.325 e. The number of nitrogens with zero attached hydrogens (tertiary/aromatic N) is 1. The summed E-state index contributed by atoms with van der Waals surface area (Å²) in [5.41, 5.74) is 0.175. The fraction of sp³-hybridized carbons (Fsp3) is 0.250. The van der Waals surface area contributed by atoms with Gasteiger partial charge in [0.15, 0.2) is 0 Å². The van der Waals surface area contributed by atoms with Gasteiger partial charge in [0, 0.05) is 5.69 Å². The molecular weight excluding hydrogens is 427 g/mol. The first kappa shape index (κ1) is 22.2. The Bertz CT molecular complexity index is 1170. The molecule has 4 amide bonds. The molecule has 1 unspecified atom stereocenters. The van der Waals surface area contributed by atoms with E-state index in [0.717, 1.165) is 11.2 Å². The Kier molecular flexibility index (Phi) is 5.72. The van der Waals surface area contributed by atoms with Gasteiger partial charge in [-0.25, -0.2) is 17.6 Å². The van der Waals surface area contributed by atoms with Crippen LogP contribution in [-0.4, -0.2) is 44.0 Å². The van der Waals surface area contributed by atoms with Crippen LogP contribution in [0.25, 0.3) is 0 Å². The molecule has 1 heterocycles. The summed E-state index contributed by atoms with van der Waals surface area (Å²) in [5.74, 6) is -1.79. The number of rotatable bonds is 6. The van der Waals surface area contributed by atoms with Crippen molar-refractivity contribution < 1.29 is 27.2 Å². The fourth-order valence-electron chi connectivity index (χ4n) is 3.17. The number of hydrogen-bond acceptors (Lipinski definition) is 5. The minimum absolute atomic E-state index is 0.287. The summed E-state index contributed by atoms with van der Waals surface area (Å²) in [6, 6.07) is 8.99. The van der Waals surface area contributed by atoms with Crippen LogP contribution in [0.2, 0.25) is 0 Å². The summed E-state index contributed by atoms with van der Waals surface area (Å²) < 4.78 is 38.5. The Morgan fingerprint density at radius 3 is 2.42 bits per heavy atom. The van der Waals surface area contributed by atoms with Crippen LogP contribution in [0.15, 0.2) is 42.5 Å². The maximum absolute atomic E-state index is 13.2. The first-order chi connectivity index (χ1) is 14.4. The molecule has 2 aromatic rings. The summed E-state index contributed by atoms with van der Waals surface area (Å²) in [6.45, 7) is 2.62. The monoisotopic (exact) mass is 448 g/mol. The molecule has 0 radical (unpaired) electrons. The molecule has 1 fully saturated rings. The third-order valence-electron chi connectivity index (χ3n) is 4.81. The number of carbonyl (C=O) groups is 3. The standard InChI is InChI=1S/C20H21FN4O5S/c1-12-4-9-15(10-16(12)24-31(3,29)30)22-17(26)11-25-18(27)20(2,23-19(25)28)13-5-7-14(21)8-6-13/h4-10,24H,11H2,1-3H3,(H,22,26)(H,23,28). The molecule has 0 aromatic heterocycles. The summed E-state index contributed by atoms with van der Waals surface area (Å²) in [7, 11) is -3.51. The number of amides is 4. The number of imide groups is 1. The van der Waals surface area contributed by atoms with Crippen molar-refractivity contribution in [1.29, 1.82) is 0 Å². The van der Waals surface area contributed by atoms with E-state index in [2.05, 4.69) is 15.4 Å². The lowest BCUT2D eigenvalue weighted by atomic mass is 9.92. The molecule has 1 aliphatic rings. The summed E-state index contributed by atoms with van der Waals surface area (Å²) in [4.78, 5) is 38.4. The fourth-order valence-corrected chi connectivity index (χ4v) is 3.79. The SMILES string of the molecule is Cc1ccc(NC(=O)CN2C(=O)NC(C)(c3ccc(F)cc3)C2=O)cc1NS(C)(=O)=O. The van der Waals surface area contributed by atoms with E-state index in [4.69, 9.17) is 0 Å². The molecule has 0 saturated carbocycles. The van der Waals surface area contributed by atoms with Crippen molar-refractivity contribution in [3.8, 4) is 0 Å². The molecule has 1 atom stereocenters. The van der Waals surface area contributed by atoms with E-state index in [1.807, 2.05) is 0 Å². The van der Waals surface area contributed by atoms with Crippen molar-refractivity contribution in [3.63, 3.8) is 0 Å². The minimum Gasteiger partial charge on any atom is -0.324 e. The molecule has 1 saturated heterocycles. The van der Waals surface area contributed by atoms with Gasteiger partial charge in [-0.2, -0.15) is 0 Å². The smallest absolute Gasteiger partial charge is 0.324 e. The molecular formula is C20H21FN4O5S. The van der Waals surface area contributed by atoms with Gasteiger partial charge in [-0.1, -0.05) is 18.2 Å². The van der Waals surface area contributed by atoms with Crippen molar-refractivity contribution in [2.45, 2.75) is 19.4 Å². The van der Waals surface area contributed by atoms with E-state index in [0.29, 0.717) is 16.8 Å². The van der Waals surface area contributed by atoms with E-state index in [1.165, 1.54) is 37.3 Å². The Morgan fingerprint density at radius 2 is 1.81 bits per heavy atom. The number of halogens is 1. The first-order valence-corrected chi connectivity index (χ1v) is 11.1. The quantitative estimate of drug-likeness (QED) is 0.583. The molecule has 11 heteroatoms. The lowest BCUT2D eigenvalue weighted by molar-refractivity contribution is -0.133. The Hall–Kier alpha value is -3.47. The second-order valence-corrected chi connectivity index (χ2v) is 9.15. The predicted octanol–water partition coefficient (Wildman–Crippen LogP) is 1.91. The van der Waals surface area contributed by atoms with Crippen LogP contribution in [0.1, 0.15) is 18.1 Å². The summed E-state index contributed by atoms with van der Waals surface area (Å²) in [6.07, 6.45) is 1.01. The molecule has 3 N–H and O–H groups in total. The number of urea groups is 1. The average Bonchev–Trinajstić information content (AvgIpc) is 2.88.